The van der Waals surface area contributed by atoms with Crippen LogP contribution in [0.15, 0.2) is 36.4 Å². The van der Waals surface area contributed by atoms with Gasteiger partial charge in [0, 0.05) is 24.7 Å². The largest absolute Gasteiger partial charge is 0.508 e. The topological polar surface area (TPSA) is 60.8 Å². The van der Waals surface area contributed by atoms with Gasteiger partial charge in [-0.3, -0.25) is 4.79 Å². The van der Waals surface area contributed by atoms with Crippen LogP contribution in [0.3, 0.4) is 0 Å². The molecule has 1 aromatic rings. The van der Waals surface area contributed by atoms with E-state index in [4.69, 9.17) is 5.11 Å². The van der Waals surface area contributed by atoms with Crippen LogP contribution in [0.25, 0.3) is 6.08 Å². The number of aromatic hydroxyl groups is 1. The van der Waals surface area contributed by atoms with Gasteiger partial charge in [0.15, 0.2) is 0 Å². The second kappa shape index (κ2) is 7.64. The molecule has 0 atom stereocenters. The van der Waals surface area contributed by atoms with E-state index >= 15 is 0 Å². The molecule has 0 aromatic heterocycles. The summed E-state index contributed by atoms with van der Waals surface area (Å²) < 4.78 is 0. The lowest BCUT2D eigenvalue weighted by atomic mass is 10.1. The van der Waals surface area contributed by atoms with E-state index in [1.807, 2.05) is 11.0 Å². The molecule has 0 radical (unpaired) electrons. The monoisotopic (exact) mass is 287 g/mol. The number of nitrogens with zero attached hydrogens (tertiary/aromatic N) is 1. The Morgan fingerprint density at radius 1 is 1.19 bits per heavy atom. The maximum atomic E-state index is 11.9. The Morgan fingerprint density at radius 3 is 2.67 bits per heavy atom. The molecule has 1 fully saturated rings. The highest BCUT2D eigenvalue weighted by Crippen LogP contribution is 2.19. The van der Waals surface area contributed by atoms with Crippen molar-refractivity contribution in [2.45, 2.75) is 25.9 Å². The number of rotatable bonds is 4. The number of aliphatic hydroxyl groups is 1. The fraction of sp³-hybridized carbons (Fsp3) is 0.353. The first kappa shape index (κ1) is 15.3. The number of phenols is 1. The number of hydrogen-bond acceptors (Lipinski definition) is 3. The standard InChI is InChI=1S/C17H21NO3/c19-13-15-12-14(8-9-16(15)20)6-2-3-7-17(21)18-10-4-1-5-11-18/h2-3,6-9,12,19-20H,1,4-5,10-11,13H2/b6-2+,7-3+. The third-order valence-corrected chi connectivity index (χ3v) is 3.58. The first-order valence-corrected chi connectivity index (χ1v) is 7.27. The first-order valence-electron chi connectivity index (χ1n) is 7.27. The first-order chi connectivity index (χ1) is 10.2. The number of allylic oxidation sites excluding steroid dienone is 2. The van der Waals surface area contributed by atoms with Crippen molar-refractivity contribution < 1.29 is 15.0 Å². The predicted octanol–water partition coefficient (Wildman–Crippen LogP) is 2.47. The molecule has 2 rings (SSSR count). The minimum absolute atomic E-state index is 0.0566. The molecule has 0 spiro atoms. The summed E-state index contributed by atoms with van der Waals surface area (Å²) in [7, 11) is 0. The average molecular weight is 287 g/mol. The van der Waals surface area contributed by atoms with E-state index in [2.05, 4.69) is 0 Å². The number of likely N-dealkylation sites (tertiary alicyclic amines) is 1. The quantitative estimate of drug-likeness (QED) is 0.660. The van der Waals surface area contributed by atoms with Gasteiger partial charge in [-0.1, -0.05) is 24.3 Å². The molecule has 0 aliphatic carbocycles. The Kier molecular flexibility index (Phi) is 5.58. The van der Waals surface area contributed by atoms with E-state index in [1.165, 1.54) is 6.42 Å². The SMILES string of the molecule is O=C(/C=C/C=C/c1ccc(O)c(CO)c1)N1CCCCC1. The summed E-state index contributed by atoms with van der Waals surface area (Å²) in [6, 6.07) is 5.02. The minimum Gasteiger partial charge on any atom is -0.508 e. The van der Waals surface area contributed by atoms with E-state index in [0.29, 0.717) is 5.56 Å². The Balaban J connectivity index is 1.92. The summed E-state index contributed by atoms with van der Waals surface area (Å²) in [6.07, 6.45) is 10.3. The van der Waals surface area contributed by atoms with Gasteiger partial charge in [-0.05, 0) is 37.0 Å². The smallest absolute Gasteiger partial charge is 0.246 e. The van der Waals surface area contributed by atoms with Crippen molar-refractivity contribution in [3.8, 4) is 5.75 Å². The molecule has 4 heteroatoms. The summed E-state index contributed by atoms with van der Waals surface area (Å²) in [4.78, 5) is 13.8. The van der Waals surface area contributed by atoms with Crippen LogP contribution < -0.4 is 0 Å². The van der Waals surface area contributed by atoms with E-state index in [9.17, 15) is 9.90 Å². The molecule has 1 aliphatic rings. The lowest BCUT2D eigenvalue weighted by Gasteiger charge is -2.25. The molecule has 21 heavy (non-hydrogen) atoms. The Bertz CT molecular complexity index is 543. The lowest BCUT2D eigenvalue weighted by Crippen LogP contribution is -2.34. The molecule has 1 aromatic carbocycles. The van der Waals surface area contributed by atoms with Gasteiger partial charge in [-0.25, -0.2) is 0 Å². The van der Waals surface area contributed by atoms with Crippen molar-refractivity contribution in [3.63, 3.8) is 0 Å². The highest BCUT2D eigenvalue weighted by atomic mass is 16.3. The van der Waals surface area contributed by atoms with Crippen LogP contribution in [-0.4, -0.2) is 34.1 Å². The highest BCUT2D eigenvalue weighted by Gasteiger charge is 2.13. The van der Waals surface area contributed by atoms with Crippen molar-refractivity contribution in [1.82, 2.24) is 4.90 Å². The maximum absolute atomic E-state index is 11.9. The van der Waals surface area contributed by atoms with Crippen molar-refractivity contribution in [2.24, 2.45) is 0 Å². The number of aliphatic hydroxyl groups excluding tert-OH is 1. The summed E-state index contributed by atoms with van der Waals surface area (Å²) in [5.41, 5.74) is 1.36. The minimum atomic E-state index is -0.198. The second-order valence-electron chi connectivity index (χ2n) is 5.15. The van der Waals surface area contributed by atoms with Crippen molar-refractivity contribution in [2.75, 3.05) is 13.1 Å². The number of piperidine rings is 1. The van der Waals surface area contributed by atoms with Crippen LogP contribution in [0.5, 0.6) is 5.75 Å². The number of amides is 1. The number of carbonyl (C=O) groups is 1. The van der Waals surface area contributed by atoms with Gasteiger partial charge in [-0.15, -0.1) is 0 Å². The van der Waals surface area contributed by atoms with E-state index < -0.39 is 0 Å². The molecule has 112 valence electrons. The van der Waals surface area contributed by atoms with Crippen molar-refractivity contribution in [3.05, 3.63) is 47.6 Å². The highest BCUT2D eigenvalue weighted by molar-refractivity contribution is 5.88. The van der Waals surface area contributed by atoms with Crippen LogP contribution in [0.2, 0.25) is 0 Å². The van der Waals surface area contributed by atoms with Gasteiger partial charge in [0.25, 0.3) is 0 Å². The van der Waals surface area contributed by atoms with Crippen LogP contribution in [0.4, 0.5) is 0 Å². The molecule has 0 unspecified atom stereocenters. The van der Waals surface area contributed by atoms with E-state index in [1.54, 1.807) is 36.4 Å². The van der Waals surface area contributed by atoms with Gasteiger partial charge in [0.1, 0.15) is 5.75 Å². The zero-order chi connectivity index (χ0) is 15.1. The molecular weight excluding hydrogens is 266 g/mol. The van der Waals surface area contributed by atoms with Crippen molar-refractivity contribution >= 4 is 12.0 Å². The van der Waals surface area contributed by atoms with Crippen LogP contribution >= 0.6 is 0 Å². The third kappa shape index (κ3) is 4.46. The summed E-state index contributed by atoms with van der Waals surface area (Å²) >= 11 is 0. The van der Waals surface area contributed by atoms with Crippen LogP contribution in [0.1, 0.15) is 30.4 Å². The normalized spacial score (nSPS) is 16.0. The van der Waals surface area contributed by atoms with Gasteiger partial charge >= 0.3 is 0 Å². The summed E-state index contributed by atoms with van der Waals surface area (Å²) in [5.74, 6) is 0.145. The molecule has 1 amide bonds. The van der Waals surface area contributed by atoms with Crippen molar-refractivity contribution in [1.29, 1.82) is 0 Å². The van der Waals surface area contributed by atoms with Crippen LogP contribution in [-0.2, 0) is 11.4 Å². The number of hydrogen-bond donors (Lipinski definition) is 2. The molecule has 4 nitrogen and oxygen atoms in total. The van der Waals surface area contributed by atoms with Crippen LogP contribution in [0, 0.1) is 0 Å². The Hall–Kier alpha value is -2.07. The van der Waals surface area contributed by atoms with Gasteiger partial charge in [0.05, 0.1) is 6.61 Å². The molecular formula is C17H21NO3. The second-order valence-corrected chi connectivity index (χ2v) is 5.15. The van der Waals surface area contributed by atoms with Gasteiger partial charge < -0.3 is 15.1 Å². The third-order valence-electron chi connectivity index (χ3n) is 3.58. The Morgan fingerprint density at radius 2 is 1.95 bits per heavy atom. The summed E-state index contributed by atoms with van der Waals surface area (Å²) in [5, 5.41) is 18.6. The molecule has 0 bridgehead atoms. The molecule has 1 aliphatic heterocycles. The molecule has 2 N–H and O–H groups in total. The van der Waals surface area contributed by atoms with E-state index in [-0.39, 0.29) is 18.3 Å². The number of benzene rings is 1. The van der Waals surface area contributed by atoms with E-state index in [0.717, 1.165) is 31.5 Å². The fourth-order valence-electron chi connectivity index (χ4n) is 2.36. The predicted molar refractivity (Wildman–Crippen MR) is 82.6 cm³/mol. The average Bonchev–Trinajstić information content (AvgIpc) is 2.53. The summed E-state index contributed by atoms with van der Waals surface area (Å²) in [6.45, 7) is 1.51. The molecule has 0 saturated carbocycles. The fourth-order valence-corrected chi connectivity index (χ4v) is 2.36. The molecule has 1 heterocycles. The van der Waals surface area contributed by atoms with Gasteiger partial charge in [-0.2, -0.15) is 0 Å². The zero-order valence-corrected chi connectivity index (χ0v) is 12.0. The lowest BCUT2D eigenvalue weighted by molar-refractivity contribution is -0.126. The number of carbonyl (C=O) groups excluding carboxylic acids is 1. The maximum Gasteiger partial charge on any atom is 0.246 e. The Labute approximate surface area is 125 Å². The van der Waals surface area contributed by atoms with Gasteiger partial charge in [0.2, 0.25) is 5.91 Å². The molecule has 1 saturated heterocycles. The zero-order valence-electron chi connectivity index (χ0n) is 12.0.